The maximum atomic E-state index is 11.9. The number of rotatable bonds is 6. The van der Waals surface area contributed by atoms with Crippen molar-refractivity contribution in [3.63, 3.8) is 0 Å². The topological polar surface area (TPSA) is 54.9 Å². The summed E-state index contributed by atoms with van der Waals surface area (Å²) in [6, 6.07) is 0.274. The van der Waals surface area contributed by atoms with Crippen LogP contribution in [0.3, 0.4) is 0 Å². The van der Waals surface area contributed by atoms with E-state index in [-0.39, 0.29) is 42.7 Å². The van der Waals surface area contributed by atoms with Gasteiger partial charge in [0.25, 0.3) is 0 Å². The summed E-state index contributed by atoms with van der Waals surface area (Å²) in [6.45, 7) is -0.609. The summed E-state index contributed by atoms with van der Waals surface area (Å²) >= 11 is 0. The maximum Gasteiger partial charge on any atom is 0.411 e. The van der Waals surface area contributed by atoms with E-state index in [1.807, 2.05) is 0 Å². The highest BCUT2D eigenvalue weighted by Crippen LogP contribution is 2.34. The van der Waals surface area contributed by atoms with Crippen LogP contribution in [0.5, 0.6) is 0 Å². The molecule has 0 aromatic carbocycles. The first-order chi connectivity index (χ1) is 9.98. The third kappa shape index (κ3) is 6.45. The molecule has 2 saturated heterocycles. The number of fused-ring (bicyclic) bond motifs is 2. The summed E-state index contributed by atoms with van der Waals surface area (Å²) in [5.74, 6) is 0.659. The molecule has 2 N–H and O–H groups in total. The quantitative estimate of drug-likeness (QED) is 0.289. The fraction of sp³-hybridized carbons (Fsp3) is 0.923. The molecule has 3 atom stereocenters. The summed E-state index contributed by atoms with van der Waals surface area (Å²) < 4.78 is 45.9. The first-order valence-electron chi connectivity index (χ1n) is 7.25. The highest BCUT2D eigenvalue weighted by molar-refractivity contribution is 14.0. The van der Waals surface area contributed by atoms with Crippen LogP contribution in [-0.2, 0) is 9.47 Å². The van der Waals surface area contributed by atoms with E-state index in [4.69, 9.17) is 4.74 Å². The van der Waals surface area contributed by atoms with Gasteiger partial charge < -0.3 is 20.1 Å². The van der Waals surface area contributed by atoms with E-state index in [0.29, 0.717) is 25.0 Å². The average Bonchev–Trinajstić information content (AvgIpc) is 3.02. The zero-order valence-corrected chi connectivity index (χ0v) is 14.8. The molecular formula is C13H23F3IN3O2. The molecule has 0 aromatic heterocycles. The fourth-order valence-electron chi connectivity index (χ4n) is 2.73. The van der Waals surface area contributed by atoms with Gasteiger partial charge in [0.1, 0.15) is 6.61 Å². The Bertz CT molecular complexity index is 369. The molecule has 2 bridgehead atoms. The van der Waals surface area contributed by atoms with Crippen molar-refractivity contribution in [3.05, 3.63) is 0 Å². The zero-order chi connectivity index (χ0) is 15.3. The van der Waals surface area contributed by atoms with Crippen molar-refractivity contribution in [3.8, 4) is 0 Å². The summed E-state index contributed by atoms with van der Waals surface area (Å²) in [4.78, 5) is 4.11. The molecular weight excluding hydrogens is 414 g/mol. The van der Waals surface area contributed by atoms with Gasteiger partial charge in [-0.2, -0.15) is 13.2 Å². The number of nitrogens with zero attached hydrogens (tertiary/aromatic N) is 1. The fourth-order valence-corrected chi connectivity index (χ4v) is 2.73. The molecule has 3 unspecified atom stereocenters. The van der Waals surface area contributed by atoms with Gasteiger partial charge in [0.2, 0.25) is 0 Å². The average molecular weight is 437 g/mol. The largest absolute Gasteiger partial charge is 0.411 e. The molecule has 2 heterocycles. The Hall–Kier alpha value is -0.290. The molecule has 0 aromatic rings. The summed E-state index contributed by atoms with van der Waals surface area (Å²) in [7, 11) is 1.67. The number of nitrogens with one attached hydrogen (secondary N) is 2. The molecule has 2 fully saturated rings. The van der Waals surface area contributed by atoms with E-state index < -0.39 is 12.8 Å². The van der Waals surface area contributed by atoms with E-state index in [0.717, 1.165) is 19.3 Å². The number of hydrogen-bond acceptors (Lipinski definition) is 3. The predicted molar refractivity (Wildman–Crippen MR) is 87.7 cm³/mol. The zero-order valence-electron chi connectivity index (χ0n) is 12.5. The molecule has 22 heavy (non-hydrogen) atoms. The minimum atomic E-state index is -4.26. The molecule has 2 rings (SSSR count). The number of ether oxygens (including phenoxy) is 2. The minimum absolute atomic E-state index is 0. The van der Waals surface area contributed by atoms with Crippen LogP contribution in [-0.4, -0.2) is 57.2 Å². The van der Waals surface area contributed by atoms with Gasteiger partial charge in [0.15, 0.2) is 5.96 Å². The van der Waals surface area contributed by atoms with Crippen LogP contribution in [0.2, 0.25) is 0 Å². The Balaban J connectivity index is 0.00000242. The number of hydrogen-bond donors (Lipinski definition) is 2. The highest BCUT2D eigenvalue weighted by atomic mass is 127. The lowest BCUT2D eigenvalue weighted by atomic mass is 9.96. The second kappa shape index (κ2) is 9.11. The Morgan fingerprint density at radius 2 is 2.14 bits per heavy atom. The molecule has 2 aliphatic heterocycles. The molecule has 0 aliphatic carbocycles. The molecule has 130 valence electrons. The van der Waals surface area contributed by atoms with Crippen molar-refractivity contribution in [2.75, 3.05) is 26.8 Å². The van der Waals surface area contributed by atoms with Gasteiger partial charge in [-0.15, -0.1) is 24.0 Å². The molecule has 2 aliphatic rings. The van der Waals surface area contributed by atoms with Gasteiger partial charge in [0, 0.05) is 20.2 Å². The maximum absolute atomic E-state index is 11.9. The Morgan fingerprint density at radius 3 is 2.68 bits per heavy atom. The van der Waals surface area contributed by atoms with Crippen LogP contribution in [0.1, 0.15) is 25.7 Å². The lowest BCUT2D eigenvalue weighted by molar-refractivity contribution is -0.173. The molecule has 5 nitrogen and oxygen atoms in total. The molecule has 9 heteroatoms. The number of guanidine groups is 1. The highest BCUT2D eigenvalue weighted by Gasteiger charge is 2.41. The van der Waals surface area contributed by atoms with Crippen molar-refractivity contribution >= 4 is 29.9 Å². The molecule has 0 radical (unpaired) electrons. The van der Waals surface area contributed by atoms with Crippen LogP contribution in [0.4, 0.5) is 13.2 Å². The van der Waals surface area contributed by atoms with Crippen molar-refractivity contribution in [2.24, 2.45) is 4.99 Å². The second-order valence-corrected chi connectivity index (χ2v) is 5.38. The lowest BCUT2D eigenvalue weighted by Gasteiger charge is -2.22. The normalized spacial score (nSPS) is 27.6. The molecule has 0 amide bonds. The van der Waals surface area contributed by atoms with E-state index >= 15 is 0 Å². The van der Waals surface area contributed by atoms with Crippen LogP contribution in [0, 0.1) is 0 Å². The number of alkyl halides is 3. The Kier molecular flexibility index (Phi) is 8.19. The molecule has 0 saturated carbocycles. The first kappa shape index (κ1) is 19.8. The first-order valence-corrected chi connectivity index (χ1v) is 7.25. The Labute approximate surface area is 145 Å². The van der Waals surface area contributed by atoms with Crippen molar-refractivity contribution in [1.29, 1.82) is 0 Å². The van der Waals surface area contributed by atoms with E-state index in [2.05, 4.69) is 20.4 Å². The smallest absolute Gasteiger partial charge is 0.373 e. The van der Waals surface area contributed by atoms with Crippen LogP contribution < -0.4 is 10.6 Å². The van der Waals surface area contributed by atoms with Gasteiger partial charge in [-0.3, -0.25) is 4.99 Å². The molecule has 0 spiro atoms. The third-order valence-electron chi connectivity index (χ3n) is 3.68. The van der Waals surface area contributed by atoms with E-state index in [1.54, 1.807) is 7.05 Å². The predicted octanol–water partition coefficient (Wildman–Crippen LogP) is 2.06. The number of aliphatic imine (C=N–C) groups is 1. The second-order valence-electron chi connectivity index (χ2n) is 5.38. The number of halogens is 4. The summed E-state index contributed by atoms with van der Waals surface area (Å²) in [5.41, 5.74) is 0. The van der Waals surface area contributed by atoms with Gasteiger partial charge >= 0.3 is 6.18 Å². The third-order valence-corrected chi connectivity index (χ3v) is 3.68. The summed E-state index contributed by atoms with van der Waals surface area (Å²) in [6.07, 6.45) is 0.0393. The standard InChI is InChI=1S/C13H22F3N3O2.HI/c1-17-12(18-5-2-6-20-8-13(14,15)16)19-10-7-9-3-4-11(10)21-9;/h9-11H,2-8H2,1H3,(H2,17,18,19);1H. The van der Waals surface area contributed by atoms with Crippen LogP contribution >= 0.6 is 24.0 Å². The van der Waals surface area contributed by atoms with Crippen LogP contribution in [0.15, 0.2) is 4.99 Å². The van der Waals surface area contributed by atoms with Crippen molar-refractivity contribution in [1.82, 2.24) is 10.6 Å². The van der Waals surface area contributed by atoms with Crippen LogP contribution in [0.25, 0.3) is 0 Å². The minimum Gasteiger partial charge on any atom is -0.373 e. The SMILES string of the molecule is CN=C(NCCCOCC(F)(F)F)NC1CC2CCC1O2.I. The monoisotopic (exact) mass is 437 g/mol. The van der Waals surface area contributed by atoms with E-state index in [9.17, 15) is 13.2 Å². The van der Waals surface area contributed by atoms with Crippen molar-refractivity contribution in [2.45, 2.75) is 50.1 Å². The van der Waals surface area contributed by atoms with E-state index in [1.165, 1.54) is 0 Å². The van der Waals surface area contributed by atoms with Gasteiger partial charge in [-0.05, 0) is 25.7 Å². The van der Waals surface area contributed by atoms with Gasteiger partial charge in [0.05, 0.1) is 18.2 Å². The lowest BCUT2D eigenvalue weighted by Crippen LogP contribution is -2.47. The van der Waals surface area contributed by atoms with Gasteiger partial charge in [-0.25, -0.2) is 0 Å². The van der Waals surface area contributed by atoms with Gasteiger partial charge in [-0.1, -0.05) is 0 Å². The summed E-state index contributed by atoms with van der Waals surface area (Å²) in [5, 5.41) is 6.38. The van der Waals surface area contributed by atoms with Crippen molar-refractivity contribution < 1.29 is 22.6 Å². The Morgan fingerprint density at radius 1 is 1.36 bits per heavy atom.